The molecule has 0 spiro atoms. The predicted octanol–water partition coefficient (Wildman–Crippen LogP) is 3.96. The van der Waals surface area contributed by atoms with E-state index in [9.17, 15) is 9.59 Å². The van der Waals surface area contributed by atoms with Gasteiger partial charge in [0, 0.05) is 5.69 Å². The fourth-order valence-corrected chi connectivity index (χ4v) is 2.87. The van der Waals surface area contributed by atoms with Crippen molar-refractivity contribution in [3.8, 4) is 5.69 Å². The third-order valence-electron chi connectivity index (χ3n) is 4.80. The van der Waals surface area contributed by atoms with Crippen molar-refractivity contribution in [1.82, 2.24) is 14.8 Å². The highest BCUT2D eigenvalue weighted by Gasteiger charge is 2.20. The standard InChI is InChI=1S/C22H24N4O3/c1-4-15(2)19-7-5-6-8-20(19)25-21(27)16(3)29-22(28)17-9-11-18(12-10-17)26-14-23-13-24-26/h5-16H,4H2,1-3H3,(H,25,27)/t15-,16-/m0/s1. The molecule has 29 heavy (non-hydrogen) atoms. The van der Waals surface area contributed by atoms with Gasteiger partial charge in [-0.1, -0.05) is 32.0 Å². The van der Waals surface area contributed by atoms with Crippen LogP contribution in [-0.2, 0) is 9.53 Å². The number of esters is 1. The molecule has 1 N–H and O–H groups in total. The first-order chi connectivity index (χ1) is 14.0. The molecule has 0 aliphatic carbocycles. The summed E-state index contributed by atoms with van der Waals surface area (Å²) in [4.78, 5) is 28.8. The molecule has 1 aromatic heterocycles. The van der Waals surface area contributed by atoms with Crippen LogP contribution in [-0.4, -0.2) is 32.7 Å². The number of benzene rings is 2. The number of para-hydroxylation sites is 1. The van der Waals surface area contributed by atoms with Crippen LogP contribution in [0.5, 0.6) is 0 Å². The molecule has 1 heterocycles. The van der Waals surface area contributed by atoms with Gasteiger partial charge in [-0.15, -0.1) is 0 Å². The summed E-state index contributed by atoms with van der Waals surface area (Å²) >= 11 is 0. The van der Waals surface area contributed by atoms with Gasteiger partial charge in [0.1, 0.15) is 12.7 Å². The molecule has 1 amide bonds. The molecule has 7 nitrogen and oxygen atoms in total. The highest BCUT2D eigenvalue weighted by atomic mass is 16.5. The van der Waals surface area contributed by atoms with Crippen LogP contribution in [0.3, 0.4) is 0 Å². The Kier molecular flexibility index (Phi) is 6.39. The molecule has 7 heteroatoms. The van der Waals surface area contributed by atoms with Crippen molar-refractivity contribution in [3.63, 3.8) is 0 Å². The summed E-state index contributed by atoms with van der Waals surface area (Å²) in [6, 6.07) is 14.4. The summed E-state index contributed by atoms with van der Waals surface area (Å²) in [5.74, 6) is -0.616. The SMILES string of the molecule is CC[C@H](C)c1ccccc1NC(=O)[C@H](C)OC(=O)c1ccc(-n2cncn2)cc1. The molecule has 0 fully saturated rings. The van der Waals surface area contributed by atoms with Gasteiger partial charge in [-0.25, -0.2) is 14.5 Å². The lowest BCUT2D eigenvalue weighted by molar-refractivity contribution is -0.123. The maximum atomic E-state index is 12.5. The van der Waals surface area contributed by atoms with E-state index in [-0.39, 0.29) is 5.91 Å². The predicted molar refractivity (Wildman–Crippen MR) is 110 cm³/mol. The number of ether oxygens (including phenoxy) is 1. The maximum absolute atomic E-state index is 12.5. The van der Waals surface area contributed by atoms with Crippen LogP contribution >= 0.6 is 0 Å². The quantitative estimate of drug-likeness (QED) is 0.615. The number of rotatable bonds is 7. The second kappa shape index (κ2) is 9.14. The second-order valence-electron chi connectivity index (χ2n) is 6.82. The fraction of sp³-hybridized carbons (Fsp3) is 0.273. The van der Waals surface area contributed by atoms with Crippen molar-refractivity contribution in [2.24, 2.45) is 0 Å². The molecule has 3 rings (SSSR count). The monoisotopic (exact) mass is 392 g/mol. The lowest BCUT2D eigenvalue weighted by Gasteiger charge is -2.18. The van der Waals surface area contributed by atoms with Gasteiger partial charge in [-0.2, -0.15) is 5.10 Å². The zero-order chi connectivity index (χ0) is 20.8. The number of nitrogens with one attached hydrogen (secondary N) is 1. The first-order valence-electron chi connectivity index (χ1n) is 9.55. The van der Waals surface area contributed by atoms with E-state index in [1.165, 1.54) is 6.33 Å². The van der Waals surface area contributed by atoms with Crippen molar-refractivity contribution >= 4 is 17.6 Å². The minimum Gasteiger partial charge on any atom is -0.449 e. The molecule has 2 atom stereocenters. The molecular formula is C22H24N4O3. The normalized spacial score (nSPS) is 12.8. The van der Waals surface area contributed by atoms with E-state index in [0.29, 0.717) is 11.5 Å². The first kappa shape index (κ1) is 20.3. The summed E-state index contributed by atoms with van der Waals surface area (Å²) in [6.45, 7) is 5.77. The van der Waals surface area contributed by atoms with E-state index < -0.39 is 12.1 Å². The number of nitrogens with zero attached hydrogens (tertiary/aromatic N) is 3. The molecule has 150 valence electrons. The lowest BCUT2D eigenvalue weighted by atomic mass is 9.97. The molecule has 0 aliphatic rings. The highest BCUT2D eigenvalue weighted by Crippen LogP contribution is 2.26. The van der Waals surface area contributed by atoms with E-state index >= 15 is 0 Å². The smallest absolute Gasteiger partial charge is 0.338 e. The van der Waals surface area contributed by atoms with E-state index in [4.69, 9.17) is 4.74 Å². The maximum Gasteiger partial charge on any atom is 0.338 e. The van der Waals surface area contributed by atoms with Crippen molar-refractivity contribution in [3.05, 3.63) is 72.3 Å². The molecule has 3 aromatic rings. The highest BCUT2D eigenvalue weighted by molar-refractivity contribution is 5.97. The van der Waals surface area contributed by atoms with Crippen LogP contribution in [0.2, 0.25) is 0 Å². The number of hydrogen-bond acceptors (Lipinski definition) is 5. The Morgan fingerprint density at radius 3 is 2.48 bits per heavy atom. The van der Waals surface area contributed by atoms with Crippen LogP contribution in [0.15, 0.2) is 61.2 Å². The number of carbonyl (C=O) groups is 2. The molecule has 2 aromatic carbocycles. The summed E-state index contributed by atoms with van der Waals surface area (Å²) in [5, 5.41) is 6.91. The van der Waals surface area contributed by atoms with Gasteiger partial charge in [0.15, 0.2) is 6.10 Å². The van der Waals surface area contributed by atoms with E-state index in [1.807, 2.05) is 24.3 Å². The Hall–Kier alpha value is -3.48. The molecule has 0 unspecified atom stereocenters. The Balaban J connectivity index is 1.63. The van der Waals surface area contributed by atoms with Gasteiger partial charge < -0.3 is 10.1 Å². The van der Waals surface area contributed by atoms with Gasteiger partial charge in [-0.3, -0.25) is 4.79 Å². The fourth-order valence-electron chi connectivity index (χ4n) is 2.87. The lowest BCUT2D eigenvalue weighted by Crippen LogP contribution is -2.30. The summed E-state index contributed by atoms with van der Waals surface area (Å²) in [7, 11) is 0. The topological polar surface area (TPSA) is 86.1 Å². The Bertz CT molecular complexity index is 968. The zero-order valence-corrected chi connectivity index (χ0v) is 16.7. The summed E-state index contributed by atoms with van der Waals surface area (Å²) in [5.41, 5.74) is 2.93. The molecule has 0 aliphatic heterocycles. The Labute approximate surface area is 169 Å². The Morgan fingerprint density at radius 2 is 1.83 bits per heavy atom. The van der Waals surface area contributed by atoms with Crippen molar-refractivity contribution < 1.29 is 14.3 Å². The van der Waals surface area contributed by atoms with Crippen molar-refractivity contribution in [1.29, 1.82) is 0 Å². The van der Waals surface area contributed by atoms with E-state index in [1.54, 1.807) is 42.2 Å². The molecule has 0 radical (unpaired) electrons. The van der Waals surface area contributed by atoms with Crippen LogP contribution in [0.25, 0.3) is 5.69 Å². The van der Waals surface area contributed by atoms with E-state index in [0.717, 1.165) is 23.4 Å². The number of amides is 1. The zero-order valence-electron chi connectivity index (χ0n) is 16.7. The second-order valence-corrected chi connectivity index (χ2v) is 6.82. The van der Waals surface area contributed by atoms with Crippen LogP contribution in [0.4, 0.5) is 5.69 Å². The first-order valence-corrected chi connectivity index (χ1v) is 9.55. The molecular weight excluding hydrogens is 368 g/mol. The van der Waals surface area contributed by atoms with Gasteiger partial charge in [-0.05, 0) is 55.2 Å². The van der Waals surface area contributed by atoms with Crippen molar-refractivity contribution in [2.75, 3.05) is 5.32 Å². The average molecular weight is 392 g/mol. The molecule has 0 bridgehead atoms. The minimum absolute atomic E-state index is 0.313. The van der Waals surface area contributed by atoms with Gasteiger partial charge in [0.2, 0.25) is 0 Å². The largest absolute Gasteiger partial charge is 0.449 e. The van der Waals surface area contributed by atoms with E-state index in [2.05, 4.69) is 29.2 Å². The molecule has 0 saturated carbocycles. The third-order valence-corrected chi connectivity index (χ3v) is 4.80. The average Bonchev–Trinajstić information content (AvgIpc) is 3.28. The minimum atomic E-state index is -0.928. The summed E-state index contributed by atoms with van der Waals surface area (Å²) in [6.07, 6.45) is 3.03. The van der Waals surface area contributed by atoms with Crippen molar-refractivity contribution in [2.45, 2.75) is 39.2 Å². The number of anilines is 1. The number of carbonyl (C=O) groups excluding carboxylic acids is 2. The molecule has 0 saturated heterocycles. The summed E-state index contributed by atoms with van der Waals surface area (Å²) < 4.78 is 6.93. The van der Waals surface area contributed by atoms with Gasteiger partial charge in [0.25, 0.3) is 5.91 Å². The van der Waals surface area contributed by atoms with Gasteiger partial charge in [0.05, 0.1) is 11.3 Å². The van der Waals surface area contributed by atoms with Crippen LogP contribution in [0, 0.1) is 0 Å². The van der Waals surface area contributed by atoms with Crippen LogP contribution < -0.4 is 5.32 Å². The number of aromatic nitrogens is 3. The van der Waals surface area contributed by atoms with Gasteiger partial charge >= 0.3 is 5.97 Å². The Morgan fingerprint density at radius 1 is 1.10 bits per heavy atom. The van der Waals surface area contributed by atoms with Crippen LogP contribution in [0.1, 0.15) is 49.0 Å². The third kappa shape index (κ3) is 4.87. The number of hydrogen-bond donors (Lipinski definition) is 1.